The summed E-state index contributed by atoms with van der Waals surface area (Å²) in [5.41, 5.74) is 1.33. The molecule has 0 bridgehead atoms. The van der Waals surface area contributed by atoms with Gasteiger partial charge in [-0.1, -0.05) is 11.6 Å². The lowest BCUT2D eigenvalue weighted by Gasteiger charge is -2.15. The Bertz CT molecular complexity index is 569. The van der Waals surface area contributed by atoms with E-state index in [0.717, 1.165) is 10.7 Å². The molecule has 1 amide bonds. The fourth-order valence-corrected chi connectivity index (χ4v) is 2.33. The van der Waals surface area contributed by atoms with Crippen molar-refractivity contribution in [2.45, 2.75) is 6.54 Å². The normalized spacial score (nSPS) is 10.3. The van der Waals surface area contributed by atoms with Gasteiger partial charge in [0.15, 0.2) is 0 Å². The number of hydrogen-bond donors (Lipinski definition) is 1. The van der Waals surface area contributed by atoms with Gasteiger partial charge in [-0.15, -0.1) is 11.3 Å². The molecule has 1 heterocycles. The molecule has 4 nitrogen and oxygen atoms in total. The van der Waals surface area contributed by atoms with Crippen molar-refractivity contribution < 1.29 is 4.79 Å². The van der Waals surface area contributed by atoms with Crippen molar-refractivity contribution in [3.8, 4) is 0 Å². The summed E-state index contributed by atoms with van der Waals surface area (Å²) < 4.78 is 0. The minimum Gasteiger partial charge on any atom is -0.378 e. The van der Waals surface area contributed by atoms with Crippen LogP contribution in [-0.2, 0) is 6.54 Å². The third-order valence-corrected chi connectivity index (χ3v) is 3.55. The van der Waals surface area contributed by atoms with Crippen molar-refractivity contribution in [1.29, 1.82) is 0 Å². The molecule has 1 N–H and O–H groups in total. The lowest BCUT2D eigenvalue weighted by Crippen LogP contribution is -2.23. The first-order chi connectivity index (χ1) is 9.08. The van der Waals surface area contributed by atoms with Gasteiger partial charge in [-0.05, 0) is 18.2 Å². The van der Waals surface area contributed by atoms with Crippen LogP contribution in [0, 0.1) is 0 Å². The average molecular weight is 296 g/mol. The maximum Gasteiger partial charge on any atom is 0.255 e. The summed E-state index contributed by atoms with van der Waals surface area (Å²) in [6, 6.07) is 5.20. The van der Waals surface area contributed by atoms with Gasteiger partial charge in [0, 0.05) is 36.4 Å². The molecule has 0 saturated carbocycles. The van der Waals surface area contributed by atoms with Crippen LogP contribution in [0.5, 0.6) is 0 Å². The average Bonchev–Trinajstić information content (AvgIpc) is 2.88. The second-order valence-corrected chi connectivity index (χ2v) is 5.58. The number of rotatable bonds is 4. The van der Waals surface area contributed by atoms with Crippen LogP contribution in [0.25, 0.3) is 0 Å². The van der Waals surface area contributed by atoms with Gasteiger partial charge in [-0.25, -0.2) is 4.98 Å². The Balaban J connectivity index is 2.22. The van der Waals surface area contributed by atoms with Crippen LogP contribution < -0.4 is 5.32 Å². The van der Waals surface area contributed by atoms with E-state index in [0.29, 0.717) is 17.1 Å². The first kappa shape index (κ1) is 13.8. The Kier molecular flexibility index (Phi) is 4.39. The molecule has 0 spiro atoms. The third kappa shape index (κ3) is 3.45. The Morgan fingerprint density at radius 1 is 1.47 bits per heavy atom. The topological polar surface area (TPSA) is 45.2 Å². The molecule has 0 aliphatic rings. The number of carbonyl (C=O) groups excluding carboxylic acids is 1. The number of amides is 1. The minimum absolute atomic E-state index is 0.0571. The highest BCUT2D eigenvalue weighted by Gasteiger charge is 2.13. The number of aromatic nitrogens is 1. The largest absolute Gasteiger partial charge is 0.378 e. The molecule has 0 radical (unpaired) electrons. The summed E-state index contributed by atoms with van der Waals surface area (Å²) in [5.74, 6) is -0.0571. The van der Waals surface area contributed by atoms with Crippen molar-refractivity contribution in [2.24, 2.45) is 0 Å². The van der Waals surface area contributed by atoms with E-state index in [-0.39, 0.29) is 5.91 Å². The van der Waals surface area contributed by atoms with E-state index in [2.05, 4.69) is 10.3 Å². The molecule has 0 atom stereocenters. The molecule has 0 saturated heterocycles. The molecule has 0 aliphatic heterocycles. The molecule has 0 fully saturated rings. The zero-order valence-electron chi connectivity index (χ0n) is 10.7. The van der Waals surface area contributed by atoms with Crippen molar-refractivity contribution in [1.82, 2.24) is 9.88 Å². The van der Waals surface area contributed by atoms with Crippen molar-refractivity contribution in [3.05, 3.63) is 45.4 Å². The fraction of sp³-hybridized carbons (Fsp3) is 0.231. The zero-order chi connectivity index (χ0) is 13.8. The summed E-state index contributed by atoms with van der Waals surface area (Å²) in [5, 5.41) is 6.68. The molecule has 6 heteroatoms. The molecular formula is C13H14ClN3OS. The molecule has 1 aromatic heterocycles. The number of halogens is 1. The highest BCUT2D eigenvalue weighted by atomic mass is 35.5. The second-order valence-electron chi connectivity index (χ2n) is 4.17. The zero-order valence-corrected chi connectivity index (χ0v) is 12.3. The van der Waals surface area contributed by atoms with Crippen molar-refractivity contribution in [2.75, 3.05) is 19.4 Å². The number of benzene rings is 1. The van der Waals surface area contributed by atoms with E-state index >= 15 is 0 Å². The van der Waals surface area contributed by atoms with E-state index in [1.165, 1.54) is 4.90 Å². The van der Waals surface area contributed by atoms with Crippen LogP contribution in [0.4, 0.5) is 5.69 Å². The number of hydrogen-bond acceptors (Lipinski definition) is 4. The summed E-state index contributed by atoms with van der Waals surface area (Å²) in [4.78, 5) is 17.8. The van der Waals surface area contributed by atoms with E-state index in [1.807, 2.05) is 5.38 Å². The highest BCUT2D eigenvalue weighted by molar-refractivity contribution is 7.09. The van der Waals surface area contributed by atoms with Crippen LogP contribution in [0.1, 0.15) is 15.4 Å². The maximum absolute atomic E-state index is 12.1. The van der Waals surface area contributed by atoms with Crippen LogP contribution in [0.15, 0.2) is 29.8 Å². The number of carbonyl (C=O) groups is 1. The van der Waals surface area contributed by atoms with Gasteiger partial charge in [0.25, 0.3) is 5.91 Å². The maximum atomic E-state index is 12.1. The predicted octanol–water partition coefficient (Wildman–Crippen LogP) is 3.11. The van der Waals surface area contributed by atoms with Gasteiger partial charge in [0.05, 0.1) is 12.1 Å². The smallest absolute Gasteiger partial charge is 0.255 e. The minimum atomic E-state index is -0.0571. The molecule has 2 aromatic rings. The van der Waals surface area contributed by atoms with Crippen LogP contribution in [0.3, 0.4) is 0 Å². The van der Waals surface area contributed by atoms with Crippen molar-refractivity contribution in [3.63, 3.8) is 0 Å². The van der Waals surface area contributed by atoms with E-state index in [1.54, 1.807) is 49.8 Å². The summed E-state index contributed by atoms with van der Waals surface area (Å²) >= 11 is 7.55. The molecular weight excluding hydrogens is 282 g/mol. The summed E-state index contributed by atoms with van der Waals surface area (Å²) in [7, 11) is 3.45. The Labute approximate surface area is 121 Å². The third-order valence-electron chi connectivity index (χ3n) is 2.53. The lowest BCUT2D eigenvalue weighted by molar-refractivity contribution is 0.0828. The molecule has 19 heavy (non-hydrogen) atoms. The van der Waals surface area contributed by atoms with Gasteiger partial charge in [-0.2, -0.15) is 0 Å². The standard InChI is InChI=1S/C13H14ClN3OS/c1-17(2)13(18)10-4-3-9(14)7-11(10)16-8-12-15-5-6-19-12/h3-7,16H,8H2,1-2H3. The van der Waals surface area contributed by atoms with E-state index < -0.39 is 0 Å². The van der Waals surface area contributed by atoms with Crippen LogP contribution in [-0.4, -0.2) is 29.9 Å². The lowest BCUT2D eigenvalue weighted by atomic mass is 10.1. The monoisotopic (exact) mass is 295 g/mol. The number of anilines is 1. The molecule has 0 unspecified atom stereocenters. The quantitative estimate of drug-likeness (QED) is 0.942. The predicted molar refractivity (Wildman–Crippen MR) is 78.9 cm³/mol. The number of nitrogens with one attached hydrogen (secondary N) is 1. The molecule has 100 valence electrons. The van der Waals surface area contributed by atoms with Gasteiger partial charge in [0.2, 0.25) is 0 Å². The molecule has 1 aromatic carbocycles. The molecule has 0 aliphatic carbocycles. The second kappa shape index (κ2) is 6.04. The van der Waals surface area contributed by atoms with Crippen LogP contribution in [0.2, 0.25) is 5.02 Å². The molecule has 2 rings (SSSR count). The van der Waals surface area contributed by atoms with Gasteiger partial charge in [0.1, 0.15) is 5.01 Å². The Hall–Kier alpha value is -1.59. The van der Waals surface area contributed by atoms with Gasteiger partial charge in [-0.3, -0.25) is 4.79 Å². The van der Waals surface area contributed by atoms with E-state index in [4.69, 9.17) is 11.6 Å². The summed E-state index contributed by atoms with van der Waals surface area (Å²) in [6.07, 6.45) is 1.76. The van der Waals surface area contributed by atoms with Crippen LogP contribution >= 0.6 is 22.9 Å². The van der Waals surface area contributed by atoms with Gasteiger partial charge >= 0.3 is 0 Å². The fourth-order valence-electron chi connectivity index (χ4n) is 1.60. The van der Waals surface area contributed by atoms with Gasteiger partial charge < -0.3 is 10.2 Å². The first-order valence-electron chi connectivity index (χ1n) is 5.71. The highest BCUT2D eigenvalue weighted by Crippen LogP contribution is 2.23. The Morgan fingerprint density at radius 3 is 2.89 bits per heavy atom. The first-order valence-corrected chi connectivity index (χ1v) is 6.97. The van der Waals surface area contributed by atoms with E-state index in [9.17, 15) is 4.79 Å². The number of thiazole rings is 1. The van der Waals surface area contributed by atoms with Crippen molar-refractivity contribution >= 4 is 34.5 Å². The SMILES string of the molecule is CN(C)C(=O)c1ccc(Cl)cc1NCc1nccs1. The number of nitrogens with zero attached hydrogens (tertiary/aromatic N) is 2. The Morgan fingerprint density at radius 2 is 2.26 bits per heavy atom. The summed E-state index contributed by atoms with van der Waals surface area (Å²) in [6.45, 7) is 0.575.